The van der Waals surface area contributed by atoms with Crippen LogP contribution in [0.4, 0.5) is 0 Å². The normalized spacial score (nSPS) is 23.7. The van der Waals surface area contributed by atoms with E-state index in [4.69, 9.17) is 9.47 Å². The first kappa shape index (κ1) is 13.9. The summed E-state index contributed by atoms with van der Waals surface area (Å²) >= 11 is 1.71. The summed E-state index contributed by atoms with van der Waals surface area (Å²) < 4.78 is 11.6. The lowest BCUT2D eigenvalue weighted by Crippen LogP contribution is -2.25. The fraction of sp³-hybridized carbons (Fsp3) is 0.769. The molecular weight excluding hydrogens is 248 g/mol. The molecule has 1 aliphatic heterocycles. The molecule has 18 heavy (non-hydrogen) atoms. The van der Waals surface area contributed by atoms with Crippen LogP contribution in [0, 0.1) is 6.92 Å². The minimum absolute atomic E-state index is 0.283. The Bertz CT molecular complexity index is 357. The Morgan fingerprint density at radius 2 is 2.33 bits per heavy atom. The molecule has 1 aromatic rings. The zero-order chi connectivity index (χ0) is 12.8. The van der Waals surface area contributed by atoms with Crippen molar-refractivity contribution in [3.8, 4) is 0 Å². The van der Waals surface area contributed by atoms with Gasteiger partial charge in [0.1, 0.15) is 0 Å². The Labute approximate surface area is 113 Å². The maximum absolute atomic E-state index is 5.87. The van der Waals surface area contributed by atoms with Crippen LogP contribution in [0.3, 0.4) is 0 Å². The molecule has 0 radical (unpaired) electrons. The summed E-state index contributed by atoms with van der Waals surface area (Å²) in [6, 6.07) is 0. The average Bonchev–Trinajstić information content (AvgIpc) is 2.95. The first-order chi connectivity index (χ1) is 8.79. The van der Waals surface area contributed by atoms with E-state index in [2.05, 4.69) is 10.3 Å². The Hall–Kier alpha value is -0.490. The van der Waals surface area contributed by atoms with E-state index in [1.807, 2.05) is 19.5 Å². The molecule has 4 nitrogen and oxygen atoms in total. The number of likely N-dealkylation sites (N-methyl/N-ethyl adjacent to an activating group) is 1. The van der Waals surface area contributed by atoms with Crippen LogP contribution in [0.5, 0.6) is 0 Å². The van der Waals surface area contributed by atoms with Gasteiger partial charge < -0.3 is 14.8 Å². The zero-order valence-electron chi connectivity index (χ0n) is 11.1. The summed E-state index contributed by atoms with van der Waals surface area (Å²) in [5.74, 6) is 0. The Morgan fingerprint density at radius 3 is 3.06 bits per heavy atom. The third-order valence-electron chi connectivity index (χ3n) is 3.25. The first-order valence-electron chi connectivity index (χ1n) is 6.56. The van der Waals surface area contributed by atoms with Crippen LogP contribution < -0.4 is 5.32 Å². The Kier molecular flexibility index (Phi) is 5.56. The maximum Gasteiger partial charge on any atom is 0.0813 e. The molecule has 0 spiro atoms. The second-order valence-electron chi connectivity index (χ2n) is 4.70. The number of thiazole rings is 1. The monoisotopic (exact) mass is 270 g/mol. The van der Waals surface area contributed by atoms with Crippen molar-refractivity contribution < 1.29 is 9.47 Å². The molecule has 1 N–H and O–H groups in total. The quantitative estimate of drug-likeness (QED) is 0.767. The number of hydrogen-bond donors (Lipinski definition) is 1. The van der Waals surface area contributed by atoms with Crippen LogP contribution in [0.1, 0.15) is 23.4 Å². The highest BCUT2D eigenvalue weighted by molar-refractivity contribution is 7.09. The third-order valence-corrected chi connectivity index (χ3v) is 4.24. The van der Waals surface area contributed by atoms with E-state index in [1.165, 1.54) is 4.88 Å². The van der Waals surface area contributed by atoms with Crippen molar-refractivity contribution in [1.82, 2.24) is 10.3 Å². The van der Waals surface area contributed by atoms with Crippen molar-refractivity contribution in [3.63, 3.8) is 0 Å². The van der Waals surface area contributed by atoms with Gasteiger partial charge in [0.2, 0.25) is 0 Å². The molecule has 1 aromatic heterocycles. The smallest absolute Gasteiger partial charge is 0.0813 e. The molecule has 2 atom stereocenters. The first-order valence-corrected chi connectivity index (χ1v) is 7.44. The lowest BCUT2D eigenvalue weighted by Gasteiger charge is -2.13. The zero-order valence-corrected chi connectivity index (χ0v) is 12.0. The predicted molar refractivity (Wildman–Crippen MR) is 73.2 cm³/mol. The van der Waals surface area contributed by atoms with Gasteiger partial charge >= 0.3 is 0 Å². The van der Waals surface area contributed by atoms with Gasteiger partial charge in [-0.2, -0.15) is 0 Å². The van der Waals surface area contributed by atoms with Gasteiger partial charge in [0.25, 0.3) is 0 Å². The predicted octanol–water partition coefficient (Wildman–Crippen LogP) is 1.78. The molecule has 2 rings (SSSR count). The largest absolute Gasteiger partial charge is 0.378 e. The van der Waals surface area contributed by atoms with Crippen LogP contribution in [0.2, 0.25) is 0 Å². The molecule has 5 heteroatoms. The minimum Gasteiger partial charge on any atom is -0.378 e. The van der Waals surface area contributed by atoms with Crippen molar-refractivity contribution in [2.45, 2.75) is 38.4 Å². The lowest BCUT2D eigenvalue weighted by atomic mass is 10.2. The molecule has 1 aliphatic rings. The van der Waals surface area contributed by atoms with Gasteiger partial charge in [-0.25, -0.2) is 4.98 Å². The minimum atomic E-state index is 0.283. The fourth-order valence-electron chi connectivity index (χ4n) is 2.23. The van der Waals surface area contributed by atoms with E-state index in [-0.39, 0.29) is 6.10 Å². The van der Waals surface area contributed by atoms with E-state index < -0.39 is 0 Å². The highest BCUT2D eigenvalue weighted by atomic mass is 32.1. The van der Waals surface area contributed by atoms with Gasteiger partial charge in [-0.15, -0.1) is 11.3 Å². The Morgan fingerprint density at radius 1 is 1.50 bits per heavy atom. The van der Waals surface area contributed by atoms with E-state index in [1.54, 1.807) is 11.3 Å². The highest BCUT2D eigenvalue weighted by Gasteiger charge is 2.24. The summed E-state index contributed by atoms with van der Waals surface area (Å²) in [4.78, 5) is 5.56. The number of aromatic nitrogens is 1. The molecular formula is C13H22N2O2S. The van der Waals surface area contributed by atoms with Gasteiger partial charge in [0.15, 0.2) is 0 Å². The Balaban J connectivity index is 1.58. The number of nitrogens with zero attached hydrogens (tertiary/aromatic N) is 1. The van der Waals surface area contributed by atoms with Crippen LogP contribution in [0.25, 0.3) is 0 Å². The van der Waals surface area contributed by atoms with Crippen LogP contribution in [-0.4, -0.2) is 44.0 Å². The number of ether oxygens (including phenoxy) is 2. The number of rotatable bonds is 7. The van der Waals surface area contributed by atoms with E-state index in [0.717, 1.165) is 44.7 Å². The second-order valence-corrected chi connectivity index (χ2v) is 5.64. The van der Waals surface area contributed by atoms with Gasteiger partial charge in [-0.1, -0.05) is 0 Å². The van der Waals surface area contributed by atoms with Crippen molar-refractivity contribution in [2.24, 2.45) is 0 Å². The molecule has 0 aromatic carbocycles. The van der Waals surface area contributed by atoms with Gasteiger partial charge in [-0.05, 0) is 26.8 Å². The fourth-order valence-corrected chi connectivity index (χ4v) is 2.99. The van der Waals surface area contributed by atoms with Crippen molar-refractivity contribution in [1.29, 1.82) is 0 Å². The summed E-state index contributed by atoms with van der Waals surface area (Å²) in [7, 11) is 1.96. The van der Waals surface area contributed by atoms with E-state index in [0.29, 0.717) is 6.10 Å². The van der Waals surface area contributed by atoms with E-state index >= 15 is 0 Å². The van der Waals surface area contributed by atoms with Gasteiger partial charge in [0.05, 0.1) is 36.6 Å². The molecule has 0 saturated carbocycles. The van der Waals surface area contributed by atoms with E-state index in [9.17, 15) is 0 Å². The van der Waals surface area contributed by atoms with Crippen LogP contribution in [0.15, 0.2) is 5.51 Å². The summed E-state index contributed by atoms with van der Waals surface area (Å²) in [5, 5.41) is 3.15. The van der Waals surface area contributed by atoms with Crippen LogP contribution in [-0.2, 0) is 15.9 Å². The average molecular weight is 270 g/mol. The van der Waals surface area contributed by atoms with Crippen molar-refractivity contribution >= 4 is 11.3 Å². The highest BCUT2D eigenvalue weighted by Crippen LogP contribution is 2.19. The van der Waals surface area contributed by atoms with Crippen molar-refractivity contribution in [3.05, 3.63) is 16.1 Å². The summed E-state index contributed by atoms with van der Waals surface area (Å²) in [6.07, 6.45) is 3.87. The molecule has 102 valence electrons. The number of nitrogens with one attached hydrogen (secondary N) is 1. The summed E-state index contributed by atoms with van der Waals surface area (Å²) in [5.41, 5.74) is 3.03. The number of hydrogen-bond acceptors (Lipinski definition) is 5. The lowest BCUT2D eigenvalue weighted by molar-refractivity contribution is -0.0130. The number of aryl methyl sites for hydroxylation is 1. The van der Waals surface area contributed by atoms with Crippen LogP contribution >= 0.6 is 11.3 Å². The molecule has 0 amide bonds. The SMILES string of the molecule is CNCC1CCC(COCCc2scnc2C)O1. The molecule has 1 saturated heterocycles. The van der Waals surface area contributed by atoms with Gasteiger partial charge in [-0.3, -0.25) is 0 Å². The standard InChI is InChI=1S/C13H22N2O2S/c1-10-13(18-9-15-10)5-6-16-8-12-4-3-11(17-12)7-14-2/h9,11-12,14H,3-8H2,1-2H3. The molecule has 0 bridgehead atoms. The molecule has 2 heterocycles. The third kappa shape index (κ3) is 4.02. The topological polar surface area (TPSA) is 43.4 Å². The maximum atomic E-state index is 5.87. The second kappa shape index (κ2) is 7.19. The molecule has 2 unspecified atom stereocenters. The van der Waals surface area contributed by atoms with Crippen molar-refractivity contribution in [2.75, 3.05) is 26.8 Å². The molecule has 0 aliphatic carbocycles. The summed E-state index contributed by atoms with van der Waals surface area (Å²) in [6.45, 7) is 4.47. The van der Waals surface area contributed by atoms with Gasteiger partial charge in [0, 0.05) is 17.8 Å². The molecule has 1 fully saturated rings.